The minimum atomic E-state index is -0.779. The van der Waals surface area contributed by atoms with Gasteiger partial charge in [-0.1, -0.05) is 30.3 Å². The highest BCUT2D eigenvalue weighted by molar-refractivity contribution is 6.46. The quantitative estimate of drug-likeness (QED) is 0.189. The molecule has 1 aliphatic heterocycles. The number of likely N-dealkylation sites (tertiary alicyclic amines) is 1. The predicted molar refractivity (Wildman–Crippen MR) is 142 cm³/mol. The SMILES string of the molecule is COc1ccc(/C(O)=C2\C(=O)C(=O)N(CCCn3ccnc3)C2c2cccc(Oc3ccccc3)c2)cc1. The Morgan fingerprint density at radius 1 is 0.921 bits per heavy atom. The average Bonchev–Trinajstić information content (AvgIpc) is 3.56. The van der Waals surface area contributed by atoms with Crippen LogP contribution in [0.4, 0.5) is 0 Å². The Kier molecular flexibility index (Phi) is 7.21. The summed E-state index contributed by atoms with van der Waals surface area (Å²) in [7, 11) is 1.55. The number of benzene rings is 3. The molecule has 1 fully saturated rings. The Hall–Kier alpha value is -4.85. The summed E-state index contributed by atoms with van der Waals surface area (Å²) in [4.78, 5) is 32.2. The molecule has 2 heterocycles. The topological polar surface area (TPSA) is 93.9 Å². The number of para-hydroxylation sites is 1. The maximum absolute atomic E-state index is 13.3. The molecular formula is C30H27N3O5. The first kappa shape index (κ1) is 24.8. The zero-order chi connectivity index (χ0) is 26.5. The summed E-state index contributed by atoms with van der Waals surface area (Å²) in [5.41, 5.74) is 1.12. The summed E-state index contributed by atoms with van der Waals surface area (Å²) in [5, 5.41) is 11.3. The number of hydrogen-bond donors (Lipinski definition) is 1. The van der Waals surface area contributed by atoms with E-state index in [9.17, 15) is 14.7 Å². The lowest BCUT2D eigenvalue weighted by atomic mass is 9.95. The van der Waals surface area contributed by atoms with Crippen LogP contribution in [-0.2, 0) is 16.1 Å². The van der Waals surface area contributed by atoms with Crippen molar-refractivity contribution in [1.29, 1.82) is 0 Å². The molecule has 192 valence electrons. The van der Waals surface area contributed by atoms with E-state index in [2.05, 4.69) is 4.98 Å². The van der Waals surface area contributed by atoms with Gasteiger partial charge in [-0.3, -0.25) is 9.59 Å². The monoisotopic (exact) mass is 509 g/mol. The van der Waals surface area contributed by atoms with Gasteiger partial charge in [0.05, 0.1) is 25.1 Å². The lowest BCUT2D eigenvalue weighted by molar-refractivity contribution is -0.139. The van der Waals surface area contributed by atoms with Crippen LogP contribution in [0.3, 0.4) is 0 Å². The molecule has 1 atom stereocenters. The molecule has 8 heteroatoms. The van der Waals surface area contributed by atoms with E-state index in [1.165, 1.54) is 4.90 Å². The van der Waals surface area contributed by atoms with Gasteiger partial charge in [0, 0.05) is 31.0 Å². The van der Waals surface area contributed by atoms with Gasteiger partial charge >= 0.3 is 0 Å². The molecule has 0 aliphatic carbocycles. The first-order valence-corrected chi connectivity index (χ1v) is 12.3. The second-order valence-electron chi connectivity index (χ2n) is 8.86. The third kappa shape index (κ3) is 5.15. The van der Waals surface area contributed by atoms with Crippen LogP contribution in [0.1, 0.15) is 23.6 Å². The van der Waals surface area contributed by atoms with E-state index >= 15 is 0 Å². The first-order valence-electron chi connectivity index (χ1n) is 12.3. The zero-order valence-corrected chi connectivity index (χ0v) is 20.9. The molecule has 3 aromatic carbocycles. The summed E-state index contributed by atoms with van der Waals surface area (Å²) in [6, 6.07) is 22.5. The Bertz CT molecular complexity index is 1450. The molecule has 0 bridgehead atoms. The van der Waals surface area contributed by atoms with Gasteiger partial charge in [-0.15, -0.1) is 0 Å². The summed E-state index contributed by atoms with van der Waals surface area (Å²) >= 11 is 0. The smallest absolute Gasteiger partial charge is 0.295 e. The normalized spacial score (nSPS) is 16.6. The van der Waals surface area contributed by atoms with Gasteiger partial charge < -0.3 is 24.0 Å². The van der Waals surface area contributed by atoms with Crippen LogP contribution in [-0.4, -0.2) is 44.9 Å². The number of aryl methyl sites for hydroxylation is 1. The van der Waals surface area contributed by atoms with Gasteiger partial charge in [0.25, 0.3) is 11.7 Å². The van der Waals surface area contributed by atoms with Crippen LogP contribution in [0.25, 0.3) is 5.76 Å². The van der Waals surface area contributed by atoms with Gasteiger partial charge in [0.1, 0.15) is 23.0 Å². The molecule has 1 N–H and O–H groups in total. The number of amides is 1. The van der Waals surface area contributed by atoms with Crippen molar-refractivity contribution in [3.63, 3.8) is 0 Å². The predicted octanol–water partition coefficient (Wildman–Crippen LogP) is 5.20. The number of carbonyl (C=O) groups excluding carboxylic acids is 2. The number of methoxy groups -OCH3 is 1. The number of Topliss-reactive ketones (excluding diaryl/α,β-unsaturated/α-hetero) is 1. The van der Waals surface area contributed by atoms with Gasteiger partial charge in [-0.2, -0.15) is 0 Å². The number of ketones is 1. The number of imidazole rings is 1. The Balaban J connectivity index is 1.53. The number of hydrogen-bond acceptors (Lipinski definition) is 6. The number of aliphatic hydroxyl groups excluding tert-OH is 1. The third-order valence-corrected chi connectivity index (χ3v) is 6.43. The average molecular weight is 510 g/mol. The fourth-order valence-electron chi connectivity index (χ4n) is 4.58. The molecule has 1 saturated heterocycles. The van der Waals surface area contributed by atoms with Gasteiger partial charge in [-0.05, 0) is 60.5 Å². The van der Waals surface area contributed by atoms with Crippen LogP contribution in [0.15, 0.2) is 103 Å². The van der Waals surface area contributed by atoms with Crippen molar-refractivity contribution in [2.24, 2.45) is 0 Å². The van der Waals surface area contributed by atoms with E-state index in [4.69, 9.17) is 9.47 Å². The van der Waals surface area contributed by atoms with Crippen molar-refractivity contribution in [2.45, 2.75) is 19.0 Å². The molecule has 0 radical (unpaired) electrons. The van der Waals surface area contributed by atoms with E-state index in [1.54, 1.807) is 50.0 Å². The van der Waals surface area contributed by atoms with Crippen LogP contribution in [0.2, 0.25) is 0 Å². The second-order valence-corrected chi connectivity index (χ2v) is 8.86. The maximum atomic E-state index is 13.3. The molecule has 4 aromatic rings. The minimum absolute atomic E-state index is 0.0414. The third-order valence-electron chi connectivity index (χ3n) is 6.43. The number of ether oxygens (including phenoxy) is 2. The van der Waals surface area contributed by atoms with Gasteiger partial charge in [0.2, 0.25) is 0 Å². The maximum Gasteiger partial charge on any atom is 0.295 e. The lowest BCUT2D eigenvalue weighted by Gasteiger charge is -2.26. The van der Waals surface area contributed by atoms with Crippen molar-refractivity contribution in [2.75, 3.05) is 13.7 Å². The largest absolute Gasteiger partial charge is 0.507 e. The summed E-state index contributed by atoms with van der Waals surface area (Å²) in [6.45, 7) is 0.946. The highest BCUT2D eigenvalue weighted by Gasteiger charge is 2.45. The van der Waals surface area contributed by atoms with Crippen LogP contribution in [0, 0.1) is 0 Å². The number of carbonyl (C=O) groups is 2. The van der Waals surface area contributed by atoms with E-state index in [1.807, 2.05) is 59.3 Å². The summed E-state index contributed by atoms with van der Waals surface area (Å²) in [6.07, 6.45) is 5.85. The van der Waals surface area contributed by atoms with Crippen molar-refractivity contribution >= 4 is 17.4 Å². The standard InChI is InChI=1S/C30H27N3O5/c1-37-23-13-11-21(12-14-23)28(34)26-27(22-7-5-10-25(19-22)38-24-8-3-2-4-9-24)33(30(36)29(26)35)17-6-16-32-18-15-31-20-32/h2-5,7-15,18-20,27,34H,6,16-17H2,1H3/b28-26+. The molecule has 0 spiro atoms. The highest BCUT2D eigenvalue weighted by atomic mass is 16.5. The Morgan fingerprint density at radius 2 is 1.68 bits per heavy atom. The molecule has 1 aromatic heterocycles. The first-order chi connectivity index (χ1) is 18.5. The van der Waals surface area contributed by atoms with E-state index < -0.39 is 17.7 Å². The molecular weight excluding hydrogens is 482 g/mol. The molecule has 1 aliphatic rings. The Morgan fingerprint density at radius 3 is 2.39 bits per heavy atom. The van der Waals surface area contributed by atoms with E-state index in [0.29, 0.717) is 47.9 Å². The Labute approximate surface area is 220 Å². The molecule has 0 saturated carbocycles. The zero-order valence-electron chi connectivity index (χ0n) is 20.9. The highest BCUT2D eigenvalue weighted by Crippen LogP contribution is 2.41. The summed E-state index contributed by atoms with van der Waals surface area (Å²) < 4.78 is 13.1. The van der Waals surface area contributed by atoms with Crippen LogP contribution >= 0.6 is 0 Å². The molecule has 5 rings (SSSR count). The number of aliphatic hydroxyl groups is 1. The molecule has 1 amide bonds. The number of rotatable bonds is 9. The molecule has 1 unspecified atom stereocenters. The van der Waals surface area contributed by atoms with Gasteiger partial charge in [0.15, 0.2) is 0 Å². The number of nitrogens with zero attached hydrogens (tertiary/aromatic N) is 3. The van der Waals surface area contributed by atoms with Crippen LogP contribution in [0.5, 0.6) is 17.2 Å². The van der Waals surface area contributed by atoms with E-state index in [0.717, 1.165) is 0 Å². The molecule has 8 nitrogen and oxygen atoms in total. The van der Waals surface area contributed by atoms with Crippen molar-refractivity contribution in [3.05, 3.63) is 114 Å². The fraction of sp³-hybridized carbons (Fsp3) is 0.167. The summed E-state index contributed by atoms with van der Waals surface area (Å²) in [5.74, 6) is 0.233. The van der Waals surface area contributed by atoms with E-state index in [-0.39, 0.29) is 11.3 Å². The second kappa shape index (κ2) is 11.0. The molecule has 38 heavy (non-hydrogen) atoms. The lowest BCUT2D eigenvalue weighted by Crippen LogP contribution is -2.31. The van der Waals surface area contributed by atoms with Crippen molar-refractivity contribution in [3.8, 4) is 17.2 Å². The van der Waals surface area contributed by atoms with Crippen molar-refractivity contribution < 1.29 is 24.2 Å². The minimum Gasteiger partial charge on any atom is -0.507 e. The fourth-order valence-corrected chi connectivity index (χ4v) is 4.58. The van der Waals surface area contributed by atoms with Crippen molar-refractivity contribution in [1.82, 2.24) is 14.5 Å². The van der Waals surface area contributed by atoms with Crippen LogP contribution < -0.4 is 9.47 Å². The van der Waals surface area contributed by atoms with Gasteiger partial charge in [-0.25, -0.2) is 4.98 Å². The number of aromatic nitrogens is 2.